The average Bonchev–Trinajstić information content (AvgIpc) is 2.92. The molecule has 2 saturated carbocycles. The third-order valence-corrected chi connectivity index (χ3v) is 5.25. The predicted octanol–water partition coefficient (Wildman–Crippen LogP) is 2.66. The first kappa shape index (κ1) is 12.9. The van der Waals surface area contributed by atoms with Crippen LogP contribution in [0.25, 0.3) is 0 Å². The van der Waals surface area contributed by atoms with Crippen molar-refractivity contribution in [3.8, 4) is 0 Å². The van der Waals surface area contributed by atoms with Gasteiger partial charge in [0.15, 0.2) is 0 Å². The highest BCUT2D eigenvalue weighted by Crippen LogP contribution is 2.44. The van der Waals surface area contributed by atoms with Crippen LogP contribution in [-0.2, 0) is 4.79 Å². The lowest BCUT2D eigenvalue weighted by molar-refractivity contribution is -0.149. The maximum atomic E-state index is 11.4. The van der Waals surface area contributed by atoms with Gasteiger partial charge in [-0.1, -0.05) is 20.3 Å². The summed E-state index contributed by atoms with van der Waals surface area (Å²) in [6.45, 7) is 4.61. The number of carbonyl (C=O) groups is 1. The topological polar surface area (TPSA) is 49.3 Å². The first-order valence-electron chi connectivity index (χ1n) is 7.08. The van der Waals surface area contributed by atoms with E-state index >= 15 is 0 Å². The molecule has 98 valence electrons. The number of nitrogens with one attached hydrogen (secondary N) is 1. The van der Waals surface area contributed by atoms with Crippen molar-refractivity contribution in [2.24, 2.45) is 17.3 Å². The molecule has 0 spiro atoms. The SMILES string of the molecule is CCC(CC)(CNC1CC2CCC1C2)C(=O)O. The second-order valence-electron chi connectivity index (χ2n) is 5.95. The van der Waals surface area contributed by atoms with Gasteiger partial charge >= 0.3 is 5.97 Å². The molecule has 3 heteroatoms. The van der Waals surface area contributed by atoms with Crippen LogP contribution in [0.4, 0.5) is 0 Å². The van der Waals surface area contributed by atoms with Gasteiger partial charge in [-0.3, -0.25) is 4.79 Å². The lowest BCUT2D eigenvalue weighted by Gasteiger charge is -2.31. The Hall–Kier alpha value is -0.570. The van der Waals surface area contributed by atoms with Gasteiger partial charge < -0.3 is 10.4 Å². The Bertz CT molecular complexity index is 286. The van der Waals surface area contributed by atoms with E-state index in [9.17, 15) is 9.90 Å². The van der Waals surface area contributed by atoms with E-state index in [1.807, 2.05) is 13.8 Å². The molecule has 0 saturated heterocycles. The van der Waals surface area contributed by atoms with Crippen LogP contribution in [0.3, 0.4) is 0 Å². The number of carboxylic acid groups (broad SMARTS) is 1. The summed E-state index contributed by atoms with van der Waals surface area (Å²) >= 11 is 0. The molecule has 2 rings (SSSR count). The molecule has 2 aliphatic carbocycles. The standard InChI is InChI=1S/C14H25NO2/c1-3-14(4-2,13(16)17)9-15-12-8-10-5-6-11(12)7-10/h10-12,15H,3-9H2,1-2H3,(H,16,17). The smallest absolute Gasteiger partial charge is 0.310 e. The summed E-state index contributed by atoms with van der Waals surface area (Å²) in [5.74, 6) is 1.10. The van der Waals surface area contributed by atoms with Crippen LogP contribution in [0.5, 0.6) is 0 Å². The summed E-state index contributed by atoms with van der Waals surface area (Å²) in [7, 11) is 0. The Balaban J connectivity index is 1.89. The molecule has 3 unspecified atom stereocenters. The maximum Gasteiger partial charge on any atom is 0.310 e. The third kappa shape index (κ3) is 2.35. The van der Waals surface area contributed by atoms with Crippen molar-refractivity contribution in [3.63, 3.8) is 0 Å². The zero-order chi connectivity index (χ0) is 12.5. The molecule has 0 aromatic carbocycles. The van der Waals surface area contributed by atoms with E-state index in [0.29, 0.717) is 25.4 Å². The molecular weight excluding hydrogens is 214 g/mol. The third-order valence-electron chi connectivity index (χ3n) is 5.25. The van der Waals surface area contributed by atoms with Crippen molar-refractivity contribution in [1.82, 2.24) is 5.32 Å². The molecule has 17 heavy (non-hydrogen) atoms. The monoisotopic (exact) mass is 239 g/mol. The van der Waals surface area contributed by atoms with Crippen molar-refractivity contribution in [3.05, 3.63) is 0 Å². The van der Waals surface area contributed by atoms with E-state index in [1.165, 1.54) is 25.7 Å². The second-order valence-corrected chi connectivity index (χ2v) is 5.95. The van der Waals surface area contributed by atoms with E-state index in [4.69, 9.17) is 0 Å². The second kappa shape index (κ2) is 4.97. The number of fused-ring (bicyclic) bond motifs is 2. The Labute approximate surface area is 104 Å². The largest absolute Gasteiger partial charge is 0.481 e. The van der Waals surface area contributed by atoms with E-state index in [2.05, 4.69) is 5.32 Å². The Morgan fingerprint density at radius 1 is 1.29 bits per heavy atom. The molecule has 2 aliphatic rings. The molecule has 0 aromatic rings. The van der Waals surface area contributed by atoms with Crippen LogP contribution in [0, 0.1) is 17.3 Å². The van der Waals surface area contributed by atoms with E-state index in [-0.39, 0.29) is 0 Å². The minimum atomic E-state index is -0.641. The van der Waals surface area contributed by atoms with Gasteiger partial charge in [0.2, 0.25) is 0 Å². The van der Waals surface area contributed by atoms with Crippen LogP contribution in [0.15, 0.2) is 0 Å². The molecule has 3 atom stereocenters. The van der Waals surface area contributed by atoms with Gasteiger partial charge in [-0.15, -0.1) is 0 Å². The van der Waals surface area contributed by atoms with Gasteiger partial charge in [0.1, 0.15) is 0 Å². The molecule has 3 nitrogen and oxygen atoms in total. The predicted molar refractivity (Wildman–Crippen MR) is 67.9 cm³/mol. The number of aliphatic carboxylic acids is 1. The Morgan fingerprint density at radius 3 is 2.41 bits per heavy atom. The van der Waals surface area contributed by atoms with Gasteiger partial charge in [-0.2, -0.15) is 0 Å². The van der Waals surface area contributed by atoms with Crippen LogP contribution < -0.4 is 5.32 Å². The molecule has 0 radical (unpaired) electrons. The van der Waals surface area contributed by atoms with Crippen molar-refractivity contribution in [2.45, 2.75) is 58.4 Å². The first-order valence-corrected chi connectivity index (χ1v) is 7.08. The van der Waals surface area contributed by atoms with Gasteiger partial charge in [0.25, 0.3) is 0 Å². The zero-order valence-corrected chi connectivity index (χ0v) is 11.0. The first-order chi connectivity index (χ1) is 8.11. The van der Waals surface area contributed by atoms with Crippen LogP contribution >= 0.6 is 0 Å². The molecule has 0 aliphatic heterocycles. The van der Waals surface area contributed by atoms with Crippen molar-refractivity contribution in [2.75, 3.05) is 6.54 Å². The van der Waals surface area contributed by atoms with Crippen molar-refractivity contribution >= 4 is 5.97 Å². The molecule has 0 heterocycles. The fourth-order valence-corrected chi connectivity index (χ4v) is 3.70. The maximum absolute atomic E-state index is 11.4. The summed E-state index contributed by atoms with van der Waals surface area (Å²) in [6, 6.07) is 0.588. The van der Waals surface area contributed by atoms with Crippen LogP contribution in [0.2, 0.25) is 0 Å². The number of carboxylic acids is 1. The summed E-state index contributed by atoms with van der Waals surface area (Å²) in [4.78, 5) is 11.4. The Kier molecular flexibility index (Phi) is 3.76. The van der Waals surface area contributed by atoms with E-state index < -0.39 is 11.4 Å². The number of hydrogen-bond acceptors (Lipinski definition) is 2. The zero-order valence-electron chi connectivity index (χ0n) is 11.0. The lowest BCUT2D eigenvalue weighted by atomic mass is 9.81. The summed E-state index contributed by atoms with van der Waals surface area (Å²) in [5.41, 5.74) is -0.554. The van der Waals surface area contributed by atoms with E-state index in [1.54, 1.807) is 0 Å². The number of rotatable bonds is 6. The van der Waals surface area contributed by atoms with Gasteiger partial charge in [0, 0.05) is 12.6 Å². The van der Waals surface area contributed by atoms with Crippen LogP contribution in [0.1, 0.15) is 52.4 Å². The molecule has 2 N–H and O–H groups in total. The van der Waals surface area contributed by atoms with Gasteiger partial charge in [0.05, 0.1) is 5.41 Å². The molecular formula is C14H25NO2. The highest BCUT2D eigenvalue weighted by atomic mass is 16.4. The van der Waals surface area contributed by atoms with Crippen molar-refractivity contribution in [1.29, 1.82) is 0 Å². The highest BCUT2D eigenvalue weighted by molar-refractivity contribution is 5.74. The van der Waals surface area contributed by atoms with Crippen molar-refractivity contribution < 1.29 is 9.90 Å². The highest BCUT2D eigenvalue weighted by Gasteiger charge is 2.41. The summed E-state index contributed by atoms with van der Waals surface area (Å²) < 4.78 is 0. The molecule has 0 aromatic heterocycles. The normalized spacial score (nSPS) is 32.0. The molecule has 0 amide bonds. The average molecular weight is 239 g/mol. The van der Waals surface area contributed by atoms with Gasteiger partial charge in [-0.25, -0.2) is 0 Å². The quantitative estimate of drug-likeness (QED) is 0.749. The van der Waals surface area contributed by atoms with Gasteiger partial charge in [-0.05, 0) is 43.9 Å². The van der Waals surface area contributed by atoms with Crippen LogP contribution in [-0.4, -0.2) is 23.7 Å². The van der Waals surface area contributed by atoms with E-state index in [0.717, 1.165) is 11.8 Å². The Morgan fingerprint density at radius 2 is 2.00 bits per heavy atom. The molecule has 2 fully saturated rings. The minimum Gasteiger partial charge on any atom is -0.481 e. The summed E-state index contributed by atoms with van der Waals surface area (Å²) in [6.07, 6.45) is 6.82. The summed E-state index contributed by atoms with van der Waals surface area (Å²) in [5, 5.41) is 12.9. The fourth-order valence-electron chi connectivity index (χ4n) is 3.70. The fraction of sp³-hybridized carbons (Fsp3) is 0.929. The minimum absolute atomic E-state index is 0.554. The number of hydrogen-bond donors (Lipinski definition) is 2. The lowest BCUT2D eigenvalue weighted by Crippen LogP contribution is -2.45. The molecule has 2 bridgehead atoms.